The second-order valence-electron chi connectivity index (χ2n) is 6.79. The fourth-order valence-electron chi connectivity index (χ4n) is 3.35. The first kappa shape index (κ1) is 18.0. The lowest BCUT2D eigenvalue weighted by molar-refractivity contribution is -0.120. The van der Waals surface area contributed by atoms with Gasteiger partial charge in [0.15, 0.2) is 5.82 Å². The van der Waals surface area contributed by atoms with Gasteiger partial charge in [0.2, 0.25) is 5.91 Å². The minimum Gasteiger partial charge on any atom is -0.354 e. The normalized spacial score (nSPS) is 16.6. The van der Waals surface area contributed by atoms with E-state index in [-0.39, 0.29) is 17.6 Å². The number of benzene rings is 1. The van der Waals surface area contributed by atoms with Crippen molar-refractivity contribution in [3.8, 4) is 11.3 Å². The number of rotatable bonds is 4. The van der Waals surface area contributed by atoms with Crippen LogP contribution in [0.1, 0.15) is 12.8 Å². The lowest BCUT2D eigenvalue weighted by Crippen LogP contribution is -2.41. The minimum atomic E-state index is -0.280. The molecule has 142 valence electrons. The highest BCUT2D eigenvalue weighted by Crippen LogP contribution is 2.24. The fourth-order valence-corrected chi connectivity index (χ4v) is 3.35. The molecule has 0 radical (unpaired) electrons. The summed E-state index contributed by atoms with van der Waals surface area (Å²) in [6.45, 7) is 1.44. The summed E-state index contributed by atoms with van der Waals surface area (Å²) in [4.78, 5) is 18.6. The zero-order valence-electron chi connectivity index (χ0n) is 15.3. The third-order valence-corrected chi connectivity index (χ3v) is 4.85. The van der Waals surface area contributed by atoms with Crippen LogP contribution in [0, 0.1) is 11.7 Å². The van der Waals surface area contributed by atoms with Gasteiger partial charge in [-0.15, -0.1) is 10.2 Å². The summed E-state index contributed by atoms with van der Waals surface area (Å²) >= 11 is 0. The Balaban J connectivity index is 1.42. The molecule has 1 amide bonds. The number of hydrogen-bond donors (Lipinski definition) is 1. The molecule has 3 heterocycles. The molecule has 0 saturated carbocycles. The van der Waals surface area contributed by atoms with Crippen molar-refractivity contribution in [2.45, 2.75) is 12.8 Å². The summed E-state index contributed by atoms with van der Waals surface area (Å²) in [5.41, 5.74) is 2.25. The lowest BCUT2D eigenvalue weighted by atomic mass is 9.97. The third kappa shape index (κ3) is 4.14. The SMILES string of the molecule is O=C(Nc1ccncc1)[C@H]1CCCN(c2ccc(-c3ccc(F)cc3)nn2)C1. The van der Waals surface area contributed by atoms with Gasteiger partial charge in [-0.1, -0.05) is 0 Å². The molecule has 1 fully saturated rings. The van der Waals surface area contributed by atoms with Crippen molar-refractivity contribution in [2.75, 3.05) is 23.3 Å². The van der Waals surface area contributed by atoms with Crippen molar-refractivity contribution in [3.05, 3.63) is 66.7 Å². The topological polar surface area (TPSA) is 71.0 Å². The average Bonchev–Trinajstić information content (AvgIpc) is 2.75. The number of piperidine rings is 1. The molecule has 2 aromatic heterocycles. The van der Waals surface area contributed by atoms with E-state index >= 15 is 0 Å². The highest BCUT2D eigenvalue weighted by molar-refractivity contribution is 5.92. The Bertz CT molecular complexity index is 931. The molecule has 6 nitrogen and oxygen atoms in total. The average molecular weight is 377 g/mol. The quantitative estimate of drug-likeness (QED) is 0.753. The van der Waals surface area contributed by atoms with Crippen LogP contribution < -0.4 is 10.2 Å². The molecular weight excluding hydrogens is 357 g/mol. The van der Waals surface area contributed by atoms with Crippen molar-refractivity contribution in [1.29, 1.82) is 0 Å². The maximum Gasteiger partial charge on any atom is 0.229 e. The number of nitrogens with zero attached hydrogens (tertiary/aromatic N) is 4. The number of aromatic nitrogens is 3. The highest BCUT2D eigenvalue weighted by Gasteiger charge is 2.26. The zero-order chi connectivity index (χ0) is 19.3. The second kappa shape index (κ2) is 8.12. The molecule has 1 aromatic carbocycles. The van der Waals surface area contributed by atoms with Crippen molar-refractivity contribution in [3.63, 3.8) is 0 Å². The summed E-state index contributed by atoms with van der Waals surface area (Å²) < 4.78 is 13.1. The first-order valence-electron chi connectivity index (χ1n) is 9.24. The van der Waals surface area contributed by atoms with E-state index in [9.17, 15) is 9.18 Å². The molecule has 7 heteroatoms. The Hall–Kier alpha value is -3.35. The van der Waals surface area contributed by atoms with E-state index in [4.69, 9.17) is 0 Å². The Morgan fingerprint density at radius 1 is 1.04 bits per heavy atom. The number of pyridine rings is 1. The van der Waals surface area contributed by atoms with Crippen LogP contribution in [0.15, 0.2) is 60.9 Å². The lowest BCUT2D eigenvalue weighted by Gasteiger charge is -2.32. The molecule has 1 atom stereocenters. The molecule has 0 spiro atoms. The van der Waals surface area contributed by atoms with Crippen LogP contribution in [-0.4, -0.2) is 34.2 Å². The Morgan fingerprint density at radius 2 is 1.82 bits per heavy atom. The van der Waals surface area contributed by atoms with Crippen LogP contribution >= 0.6 is 0 Å². The first-order chi connectivity index (χ1) is 13.7. The molecule has 1 N–H and O–H groups in total. The van der Waals surface area contributed by atoms with Gasteiger partial charge in [-0.05, 0) is 61.4 Å². The van der Waals surface area contributed by atoms with Crippen LogP contribution in [-0.2, 0) is 4.79 Å². The van der Waals surface area contributed by atoms with Gasteiger partial charge in [-0.25, -0.2) is 4.39 Å². The van der Waals surface area contributed by atoms with E-state index in [0.717, 1.165) is 36.5 Å². The number of anilines is 2. The zero-order valence-corrected chi connectivity index (χ0v) is 15.3. The smallest absolute Gasteiger partial charge is 0.229 e. The van der Waals surface area contributed by atoms with E-state index in [0.29, 0.717) is 12.2 Å². The Morgan fingerprint density at radius 3 is 2.54 bits per heavy atom. The maximum absolute atomic E-state index is 13.1. The van der Waals surface area contributed by atoms with Crippen LogP contribution in [0.25, 0.3) is 11.3 Å². The van der Waals surface area contributed by atoms with Gasteiger partial charge in [0.25, 0.3) is 0 Å². The molecule has 1 saturated heterocycles. The van der Waals surface area contributed by atoms with Crippen molar-refractivity contribution in [2.24, 2.45) is 5.92 Å². The number of amides is 1. The summed E-state index contributed by atoms with van der Waals surface area (Å²) in [7, 11) is 0. The predicted molar refractivity (Wildman–Crippen MR) is 105 cm³/mol. The molecule has 0 unspecified atom stereocenters. The van der Waals surface area contributed by atoms with E-state index in [2.05, 4.69) is 25.4 Å². The van der Waals surface area contributed by atoms with Gasteiger partial charge < -0.3 is 10.2 Å². The summed E-state index contributed by atoms with van der Waals surface area (Å²) in [6.07, 6.45) is 5.06. The standard InChI is InChI=1S/C21H20FN5O/c22-17-5-3-15(4-6-17)19-7-8-20(26-25-19)27-13-1-2-16(14-27)21(28)24-18-9-11-23-12-10-18/h3-12,16H,1-2,13-14H2,(H,23,24,28)/t16-/m0/s1. The van der Waals surface area contributed by atoms with E-state index in [1.165, 1.54) is 12.1 Å². The summed E-state index contributed by atoms with van der Waals surface area (Å²) in [5, 5.41) is 11.5. The van der Waals surface area contributed by atoms with Crippen molar-refractivity contribution < 1.29 is 9.18 Å². The van der Waals surface area contributed by atoms with Gasteiger partial charge in [-0.3, -0.25) is 9.78 Å². The van der Waals surface area contributed by atoms with Crippen LogP contribution in [0.5, 0.6) is 0 Å². The molecule has 3 aromatic rings. The largest absolute Gasteiger partial charge is 0.354 e. The summed E-state index contributed by atoms with van der Waals surface area (Å²) in [5.74, 6) is 0.359. The van der Waals surface area contributed by atoms with E-state index in [1.807, 2.05) is 12.1 Å². The van der Waals surface area contributed by atoms with E-state index < -0.39 is 0 Å². The van der Waals surface area contributed by atoms with Crippen LogP contribution in [0.3, 0.4) is 0 Å². The monoisotopic (exact) mass is 377 g/mol. The maximum atomic E-state index is 13.1. The van der Waals surface area contributed by atoms with Gasteiger partial charge in [0.05, 0.1) is 11.6 Å². The Kier molecular flexibility index (Phi) is 5.23. The van der Waals surface area contributed by atoms with Gasteiger partial charge in [0.1, 0.15) is 5.82 Å². The van der Waals surface area contributed by atoms with Crippen molar-refractivity contribution >= 4 is 17.4 Å². The fraction of sp³-hybridized carbons (Fsp3) is 0.238. The molecule has 1 aliphatic rings. The molecule has 0 bridgehead atoms. The molecule has 1 aliphatic heterocycles. The highest BCUT2D eigenvalue weighted by atomic mass is 19.1. The van der Waals surface area contributed by atoms with Crippen molar-refractivity contribution in [1.82, 2.24) is 15.2 Å². The van der Waals surface area contributed by atoms with Crippen LogP contribution in [0.2, 0.25) is 0 Å². The number of carbonyl (C=O) groups is 1. The van der Waals surface area contributed by atoms with E-state index in [1.54, 1.807) is 36.7 Å². The van der Waals surface area contributed by atoms with Crippen LogP contribution in [0.4, 0.5) is 15.9 Å². The number of hydrogen-bond acceptors (Lipinski definition) is 5. The Labute approximate surface area is 162 Å². The molecular formula is C21H20FN5O. The number of nitrogens with one attached hydrogen (secondary N) is 1. The predicted octanol–water partition coefficient (Wildman–Crippen LogP) is 3.53. The number of halogens is 1. The molecule has 28 heavy (non-hydrogen) atoms. The number of carbonyl (C=O) groups excluding carboxylic acids is 1. The summed E-state index contributed by atoms with van der Waals surface area (Å²) in [6, 6.07) is 13.5. The minimum absolute atomic E-state index is 0.00629. The van der Waals surface area contributed by atoms with Gasteiger partial charge >= 0.3 is 0 Å². The third-order valence-electron chi connectivity index (χ3n) is 4.85. The molecule has 0 aliphatic carbocycles. The molecule has 4 rings (SSSR count). The second-order valence-corrected chi connectivity index (χ2v) is 6.79. The van der Waals surface area contributed by atoms with Gasteiger partial charge in [-0.2, -0.15) is 0 Å². The first-order valence-corrected chi connectivity index (χ1v) is 9.24. The van der Waals surface area contributed by atoms with Gasteiger partial charge in [0, 0.05) is 36.7 Å².